The van der Waals surface area contributed by atoms with E-state index < -0.39 is 0 Å². The second kappa shape index (κ2) is 5.64. The Labute approximate surface area is 102 Å². The molecule has 2 rings (SSSR count). The molecule has 0 saturated carbocycles. The number of imidazole rings is 1. The van der Waals surface area contributed by atoms with Gasteiger partial charge >= 0.3 is 0 Å². The van der Waals surface area contributed by atoms with Crippen LogP contribution >= 0.6 is 0 Å². The van der Waals surface area contributed by atoms with E-state index in [1.807, 2.05) is 6.20 Å². The highest BCUT2D eigenvalue weighted by Crippen LogP contribution is 2.14. The molecule has 0 bridgehead atoms. The van der Waals surface area contributed by atoms with Crippen molar-refractivity contribution < 1.29 is 0 Å². The lowest BCUT2D eigenvalue weighted by molar-refractivity contribution is 0.497. The molecule has 1 heterocycles. The van der Waals surface area contributed by atoms with Gasteiger partial charge in [-0.2, -0.15) is 0 Å². The highest BCUT2D eigenvalue weighted by Gasteiger charge is 2.10. The number of aromatic nitrogens is 2. The minimum Gasteiger partial charge on any atom is -0.347 e. The maximum Gasteiger partial charge on any atom is 0.123 e. The molecule has 0 aliphatic heterocycles. The van der Waals surface area contributed by atoms with Crippen LogP contribution in [0.1, 0.15) is 36.3 Å². The van der Waals surface area contributed by atoms with Crippen LogP contribution in [0.15, 0.2) is 36.7 Å². The standard InChI is InChI=1S/C14H19N3/c1-3-13(14-15-8-9-16-14)17-10-12-7-5-4-6-11(12)2/h4-9,13,17H,3,10H2,1-2H3,(H,15,16). The second-order valence-electron chi connectivity index (χ2n) is 4.24. The van der Waals surface area contributed by atoms with E-state index in [-0.39, 0.29) is 0 Å². The lowest BCUT2D eigenvalue weighted by atomic mass is 10.1. The van der Waals surface area contributed by atoms with Gasteiger partial charge in [0.25, 0.3) is 0 Å². The van der Waals surface area contributed by atoms with E-state index in [1.165, 1.54) is 11.1 Å². The number of H-pyrrole nitrogens is 1. The topological polar surface area (TPSA) is 40.7 Å². The van der Waals surface area contributed by atoms with E-state index in [0.29, 0.717) is 6.04 Å². The molecule has 17 heavy (non-hydrogen) atoms. The van der Waals surface area contributed by atoms with Crippen molar-refractivity contribution in [2.45, 2.75) is 32.9 Å². The molecule has 0 saturated heterocycles. The van der Waals surface area contributed by atoms with Crippen molar-refractivity contribution in [2.24, 2.45) is 0 Å². The maximum absolute atomic E-state index is 4.30. The Morgan fingerprint density at radius 2 is 2.18 bits per heavy atom. The zero-order valence-corrected chi connectivity index (χ0v) is 10.4. The van der Waals surface area contributed by atoms with Crippen molar-refractivity contribution in [3.8, 4) is 0 Å². The molecule has 1 atom stereocenters. The molecule has 1 aromatic heterocycles. The van der Waals surface area contributed by atoms with E-state index >= 15 is 0 Å². The maximum atomic E-state index is 4.30. The van der Waals surface area contributed by atoms with Crippen LogP contribution in [-0.4, -0.2) is 9.97 Å². The number of rotatable bonds is 5. The third kappa shape index (κ3) is 2.94. The summed E-state index contributed by atoms with van der Waals surface area (Å²) < 4.78 is 0. The molecule has 0 fully saturated rings. The third-order valence-corrected chi connectivity index (χ3v) is 3.06. The summed E-state index contributed by atoms with van der Waals surface area (Å²) in [7, 11) is 0. The highest BCUT2D eigenvalue weighted by molar-refractivity contribution is 5.25. The van der Waals surface area contributed by atoms with E-state index in [9.17, 15) is 0 Å². The Hall–Kier alpha value is -1.61. The second-order valence-corrected chi connectivity index (χ2v) is 4.24. The average molecular weight is 229 g/mol. The summed E-state index contributed by atoms with van der Waals surface area (Å²) in [6.45, 7) is 5.19. The summed E-state index contributed by atoms with van der Waals surface area (Å²) in [6.07, 6.45) is 4.69. The van der Waals surface area contributed by atoms with Crippen LogP contribution in [0.25, 0.3) is 0 Å². The summed E-state index contributed by atoms with van der Waals surface area (Å²) in [5.41, 5.74) is 2.67. The fourth-order valence-electron chi connectivity index (χ4n) is 1.94. The predicted octanol–water partition coefficient (Wildman–Crippen LogP) is 2.96. The lowest BCUT2D eigenvalue weighted by Crippen LogP contribution is -2.21. The van der Waals surface area contributed by atoms with Crippen molar-refractivity contribution in [3.05, 3.63) is 53.6 Å². The van der Waals surface area contributed by atoms with Crippen LogP contribution < -0.4 is 5.32 Å². The van der Waals surface area contributed by atoms with Gasteiger partial charge in [-0.05, 0) is 24.5 Å². The minimum absolute atomic E-state index is 0.296. The summed E-state index contributed by atoms with van der Waals surface area (Å²) in [5, 5.41) is 3.54. The van der Waals surface area contributed by atoms with Gasteiger partial charge in [-0.15, -0.1) is 0 Å². The lowest BCUT2D eigenvalue weighted by Gasteiger charge is -2.15. The monoisotopic (exact) mass is 229 g/mol. The number of aryl methyl sites for hydroxylation is 1. The first kappa shape index (κ1) is 11.9. The quantitative estimate of drug-likeness (QED) is 0.827. The molecular formula is C14H19N3. The average Bonchev–Trinajstić information content (AvgIpc) is 2.86. The van der Waals surface area contributed by atoms with Crippen LogP contribution in [0.3, 0.4) is 0 Å². The first-order chi connectivity index (χ1) is 8.31. The Kier molecular flexibility index (Phi) is 3.94. The SMILES string of the molecule is CCC(NCc1ccccc1C)c1ncc[nH]1. The fourth-order valence-corrected chi connectivity index (χ4v) is 1.94. The van der Waals surface area contributed by atoms with Crippen LogP contribution in [0.2, 0.25) is 0 Å². The molecule has 3 nitrogen and oxygen atoms in total. The normalized spacial score (nSPS) is 12.6. The molecule has 0 aliphatic rings. The zero-order valence-electron chi connectivity index (χ0n) is 10.4. The van der Waals surface area contributed by atoms with Crippen LogP contribution in [0.5, 0.6) is 0 Å². The molecule has 0 spiro atoms. The Morgan fingerprint density at radius 1 is 1.35 bits per heavy atom. The predicted molar refractivity (Wildman–Crippen MR) is 69.6 cm³/mol. The van der Waals surface area contributed by atoms with Crippen molar-refractivity contribution in [3.63, 3.8) is 0 Å². The summed E-state index contributed by atoms with van der Waals surface area (Å²) in [6, 6.07) is 8.76. The van der Waals surface area contributed by atoms with Gasteiger partial charge in [0, 0.05) is 18.9 Å². The number of benzene rings is 1. The molecule has 1 unspecified atom stereocenters. The molecule has 90 valence electrons. The van der Waals surface area contributed by atoms with Gasteiger partial charge in [0.15, 0.2) is 0 Å². The van der Waals surface area contributed by atoms with E-state index in [4.69, 9.17) is 0 Å². The Morgan fingerprint density at radius 3 is 2.82 bits per heavy atom. The minimum atomic E-state index is 0.296. The van der Waals surface area contributed by atoms with Crippen LogP contribution in [-0.2, 0) is 6.54 Å². The molecule has 0 aliphatic carbocycles. The summed E-state index contributed by atoms with van der Waals surface area (Å²) in [4.78, 5) is 7.47. The van der Waals surface area contributed by atoms with E-state index in [0.717, 1.165) is 18.8 Å². The van der Waals surface area contributed by atoms with Crippen molar-refractivity contribution in [2.75, 3.05) is 0 Å². The number of hydrogen-bond donors (Lipinski definition) is 2. The van der Waals surface area contributed by atoms with Gasteiger partial charge in [-0.25, -0.2) is 4.98 Å². The molecule has 0 radical (unpaired) electrons. The van der Waals surface area contributed by atoms with Gasteiger partial charge in [-0.1, -0.05) is 31.2 Å². The van der Waals surface area contributed by atoms with Crippen molar-refractivity contribution >= 4 is 0 Å². The van der Waals surface area contributed by atoms with Crippen LogP contribution in [0.4, 0.5) is 0 Å². The van der Waals surface area contributed by atoms with Gasteiger partial charge in [0.05, 0.1) is 6.04 Å². The number of aromatic amines is 1. The largest absolute Gasteiger partial charge is 0.347 e. The van der Waals surface area contributed by atoms with Gasteiger partial charge in [-0.3, -0.25) is 0 Å². The molecular weight excluding hydrogens is 210 g/mol. The first-order valence-electron chi connectivity index (χ1n) is 6.08. The number of nitrogens with one attached hydrogen (secondary N) is 2. The van der Waals surface area contributed by atoms with E-state index in [1.54, 1.807) is 6.20 Å². The molecule has 2 N–H and O–H groups in total. The summed E-state index contributed by atoms with van der Waals surface area (Å²) >= 11 is 0. The fraction of sp³-hybridized carbons (Fsp3) is 0.357. The summed E-state index contributed by atoms with van der Waals surface area (Å²) in [5.74, 6) is 1.01. The smallest absolute Gasteiger partial charge is 0.123 e. The van der Waals surface area contributed by atoms with Crippen molar-refractivity contribution in [1.29, 1.82) is 0 Å². The van der Waals surface area contributed by atoms with Gasteiger partial charge in [0.1, 0.15) is 5.82 Å². The molecule has 0 amide bonds. The third-order valence-electron chi connectivity index (χ3n) is 3.06. The Balaban J connectivity index is 2.00. The highest BCUT2D eigenvalue weighted by atomic mass is 15.0. The van der Waals surface area contributed by atoms with Gasteiger partial charge < -0.3 is 10.3 Å². The van der Waals surface area contributed by atoms with Gasteiger partial charge in [0.2, 0.25) is 0 Å². The Bertz CT molecular complexity index is 448. The first-order valence-corrected chi connectivity index (χ1v) is 6.08. The zero-order chi connectivity index (χ0) is 12.1. The molecule has 2 aromatic rings. The van der Waals surface area contributed by atoms with Crippen LogP contribution in [0, 0.1) is 6.92 Å². The number of hydrogen-bond acceptors (Lipinski definition) is 2. The van der Waals surface area contributed by atoms with Crippen molar-refractivity contribution in [1.82, 2.24) is 15.3 Å². The molecule has 1 aromatic carbocycles. The molecule has 3 heteroatoms. The van der Waals surface area contributed by atoms with E-state index in [2.05, 4.69) is 53.4 Å². The number of nitrogens with zero attached hydrogens (tertiary/aromatic N) is 1.